The number of nitrogens with zero attached hydrogens (tertiary/aromatic N) is 1. The van der Waals surface area contributed by atoms with Crippen molar-refractivity contribution in [2.45, 2.75) is 89.1 Å². The average Bonchev–Trinajstić information content (AvgIpc) is 3.45. The molecule has 5 unspecified atom stereocenters. The van der Waals surface area contributed by atoms with Crippen molar-refractivity contribution in [1.82, 2.24) is 4.90 Å². The molecule has 0 aliphatic heterocycles. The number of methoxy groups -OCH3 is 2. The van der Waals surface area contributed by atoms with Crippen molar-refractivity contribution in [3.8, 4) is 22.6 Å². The van der Waals surface area contributed by atoms with Crippen LogP contribution in [-0.4, -0.2) is 82.8 Å². The van der Waals surface area contributed by atoms with E-state index in [-0.39, 0.29) is 24.8 Å². The van der Waals surface area contributed by atoms with Crippen LogP contribution in [0.15, 0.2) is 103 Å². The highest BCUT2D eigenvalue weighted by molar-refractivity contribution is 6.13. The fourth-order valence-electron chi connectivity index (χ4n) is 9.03. The van der Waals surface area contributed by atoms with E-state index >= 15 is 0 Å². The minimum atomic E-state index is -1.22. The molecule has 8 heteroatoms. The molecule has 0 saturated heterocycles. The summed E-state index contributed by atoms with van der Waals surface area (Å²) < 4.78 is 11.1. The number of aliphatic hydroxyl groups excluding tert-OH is 3. The number of ketones is 1. The van der Waals surface area contributed by atoms with Crippen LogP contribution in [0.3, 0.4) is 0 Å². The third-order valence-electron chi connectivity index (χ3n) is 12.2. The number of carbonyl (C=O) groups excluding carboxylic acids is 1. The molecule has 2 bridgehead atoms. The minimum Gasteiger partial charge on any atom is -0.497 e. The summed E-state index contributed by atoms with van der Waals surface area (Å²) in [6.07, 6.45) is 5.02. The summed E-state index contributed by atoms with van der Waals surface area (Å²) in [6, 6.07) is 29.4. The first-order valence-corrected chi connectivity index (χ1v) is 19.6. The molecule has 55 heavy (non-hydrogen) atoms. The van der Waals surface area contributed by atoms with E-state index in [1.165, 1.54) is 5.57 Å². The summed E-state index contributed by atoms with van der Waals surface area (Å²) in [5, 5.41) is 44.9. The van der Waals surface area contributed by atoms with Crippen molar-refractivity contribution in [1.29, 1.82) is 0 Å². The highest BCUT2D eigenvalue weighted by atomic mass is 16.5. The maximum atomic E-state index is 15.0. The summed E-state index contributed by atoms with van der Waals surface area (Å²) in [5.41, 5.74) is 5.01. The normalized spacial score (nSPS) is 23.5. The zero-order valence-electron chi connectivity index (χ0n) is 32.7. The average molecular weight is 748 g/mol. The lowest BCUT2D eigenvalue weighted by atomic mass is 9.64. The van der Waals surface area contributed by atoms with Gasteiger partial charge >= 0.3 is 0 Å². The van der Waals surface area contributed by atoms with E-state index in [9.17, 15) is 25.2 Å². The lowest BCUT2D eigenvalue weighted by Crippen LogP contribution is -2.53. The molecule has 4 aromatic rings. The standard InChI is InChI=1S/C47H57NO7/c1-32-11-10-23-46(2)43(22-24-47(46,53)31-48(29-37(51)30-49)28-35-18-20-38(54-3)27-44(35)55-4)40-21-17-33(25-36(50)19-16-32)26-42(40)45(52)41-15-9-8-14-39(41)34-12-6-5-7-13-34/h5-9,11-15,17-18,20-21,26-27,36-37,43,49-51,53H,10,16,19,22-25,28-31H2,1-4H3. The molecule has 0 heterocycles. The number of rotatable bonds is 12. The number of ether oxygens (including phenoxy) is 2. The van der Waals surface area contributed by atoms with Crippen LogP contribution in [0, 0.1) is 5.41 Å². The summed E-state index contributed by atoms with van der Waals surface area (Å²) in [6.45, 7) is 4.61. The molecule has 292 valence electrons. The molecule has 4 aromatic carbocycles. The maximum Gasteiger partial charge on any atom is 0.193 e. The van der Waals surface area contributed by atoms with E-state index < -0.39 is 29.8 Å². The van der Waals surface area contributed by atoms with Crippen molar-refractivity contribution in [2.24, 2.45) is 5.41 Å². The van der Waals surface area contributed by atoms with Crippen molar-refractivity contribution < 1.29 is 34.7 Å². The molecule has 1 saturated carbocycles. The highest BCUT2D eigenvalue weighted by Crippen LogP contribution is 2.59. The molecule has 4 N–H and O–H groups in total. The van der Waals surface area contributed by atoms with E-state index in [0.29, 0.717) is 61.3 Å². The van der Waals surface area contributed by atoms with Gasteiger partial charge in [-0.1, -0.05) is 91.4 Å². The Morgan fingerprint density at radius 1 is 0.927 bits per heavy atom. The maximum absolute atomic E-state index is 15.0. The predicted octanol–water partition coefficient (Wildman–Crippen LogP) is 7.50. The number of allylic oxidation sites excluding steroid dienone is 2. The van der Waals surface area contributed by atoms with E-state index in [1.54, 1.807) is 14.2 Å². The molecule has 5 atom stereocenters. The second-order valence-electron chi connectivity index (χ2n) is 15.9. The molecule has 3 aliphatic carbocycles. The summed E-state index contributed by atoms with van der Waals surface area (Å²) in [7, 11) is 3.21. The Morgan fingerprint density at radius 2 is 1.69 bits per heavy atom. The Bertz CT molecular complexity index is 1960. The third-order valence-corrected chi connectivity index (χ3v) is 12.2. The van der Waals surface area contributed by atoms with Gasteiger partial charge in [-0.25, -0.2) is 0 Å². The van der Waals surface area contributed by atoms with Crippen LogP contribution in [0.2, 0.25) is 0 Å². The lowest BCUT2D eigenvalue weighted by molar-refractivity contribution is -0.0908. The topological polar surface area (TPSA) is 120 Å². The number of fused-ring (bicyclic) bond motifs is 8. The van der Waals surface area contributed by atoms with Gasteiger partial charge in [0.15, 0.2) is 5.78 Å². The van der Waals surface area contributed by atoms with Gasteiger partial charge in [-0.05, 0) is 92.2 Å². The molecule has 0 spiro atoms. The zero-order chi connectivity index (χ0) is 39.2. The van der Waals surface area contributed by atoms with E-state index in [1.807, 2.05) is 89.8 Å². The molecule has 0 radical (unpaired) electrons. The molecular weight excluding hydrogens is 691 g/mol. The Morgan fingerprint density at radius 3 is 2.44 bits per heavy atom. The van der Waals surface area contributed by atoms with Crippen molar-refractivity contribution >= 4 is 5.78 Å². The monoisotopic (exact) mass is 747 g/mol. The second kappa shape index (κ2) is 17.7. The molecule has 8 nitrogen and oxygen atoms in total. The van der Waals surface area contributed by atoms with Crippen LogP contribution in [0.5, 0.6) is 11.5 Å². The Hall–Kier alpha value is -4.31. The number of hydrogen-bond acceptors (Lipinski definition) is 8. The SMILES string of the molecule is COc1ccc(CN(CC(O)CO)CC2(O)CCC3c4ccc(cc4C(=O)c4ccccc4-c4ccccc4)CC(O)CCC(C)=CCCC32C)c(OC)c1. The fraction of sp³-hybridized carbons (Fsp3) is 0.426. The molecule has 7 rings (SSSR count). The number of carbonyl (C=O) groups is 1. The van der Waals surface area contributed by atoms with Gasteiger partial charge in [0, 0.05) is 47.8 Å². The quantitative estimate of drug-likeness (QED) is 0.0870. The Kier molecular flexibility index (Phi) is 13.0. The van der Waals surface area contributed by atoms with Crippen molar-refractivity contribution in [2.75, 3.05) is 33.9 Å². The first kappa shape index (κ1) is 40.4. The summed E-state index contributed by atoms with van der Waals surface area (Å²) in [5.74, 6) is 1.04. The van der Waals surface area contributed by atoms with E-state index in [4.69, 9.17) is 9.47 Å². The van der Waals surface area contributed by atoms with Crippen LogP contribution in [0.25, 0.3) is 11.1 Å². The first-order valence-electron chi connectivity index (χ1n) is 19.6. The van der Waals surface area contributed by atoms with Crippen LogP contribution < -0.4 is 9.47 Å². The van der Waals surface area contributed by atoms with Crippen LogP contribution in [0.1, 0.15) is 90.9 Å². The summed E-state index contributed by atoms with van der Waals surface area (Å²) in [4.78, 5) is 17.0. The van der Waals surface area contributed by atoms with Crippen LogP contribution in [-0.2, 0) is 13.0 Å². The van der Waals surface area contributed by atoms with Crippen LogP contribution in [0.4, 0.5) is 0 Å². The van der Waals surface area contributed by atoms with E-state index in [2.05, 4.69) is 26.0 Å². The second-order valence-corrected chi connectivity index (χ2v) is 15.9. The predicted molar refractivity (Wildman–Crippen MR) is 217 cm³/mol. The lowest BCUT2D eigenvalue weighted by Gasteiger charge is -2.46. The third kappa shape index (κ3) is 8.90. The molecule has 0 amide bonds. The fourth-order valence-corrected chi connectivity index (χ4v) is 9.03. The molecular formula is C47H57NO7. The molecule has 1 fully saturated rings. The molecule has 0 aromatic heterocycles. The van der Waals surface area contributed by atoms with E-state index in [0.717, 1.165) is 40.7 Å². The van der Waals surface area contributed by atoms with Gasteiger partial charge in [0.05, 0.1) is 38.6 Å². The number of benzene rings is 4. The van der Waals surface area contributed by atoms with Gasteiger partial charge in [-0.2, -0.15) is 0 Å². The zero-order valence-corrected chi connectivity index (χ0v) is 32.7. The van der Waals surface area contributed by atoms with Crippen molar-refractivity contribution in [3.05, 3.63) is 130 Å². The summed E-state index contributed by atoms with van der Waals surface area (Å²) >= 11 is 0. The van der Waals surface area contributed by atoms with Gasteiger partial charge in [0.25, 0.3) is 0 Å². The van der Waals surface area contributed by atoms with Crippen LogP contribution >= 0.6 is 0 Å². The largest absolute Gasteiger partial charge is 0.497 e. The highest BCUT2D eigenvalue weighted by Gasteiger charge is 2.57. The Balaban J connectivity index is 1.44. The smallest absolute Gasteiger partial charge is 0.193 e. The van der Waals surface area contributed by atoms with Crippen molar-refractivity contribution in [3.63, 3.8) is 0 Å². The molecule has 3 aliphatic rings. The number of hydrogen-bond donors (Lipinski definition) is 4. The first-order chi connectivity index (χ1) is 26.5. The van der Waals surface area contributed by atoms with Gasteiger partial charge in [0.2, 0.25) is 0 Å². The van der Waals surface area contributed by atoms with Gasteiger partial charge < -0.3 is 29.9 Å². The van der Waals surface area contributed by atoms with Gasteiger partial charge in [-0.15, -0.1) is 0 Å². The Labute approximate surface area is 326 Å². The van der Waals surface area contributed by atoms with Gasteiger partial charge in [-0.3, -0.25) is 9.69 Å². The number of aliphatic hydroxyl groups is 4. The minimum absolute atomic E-state index is 0.0780. The van der Waals surface area contributed by atoms with Gasteiger partial charge in [0.1, 0.15) is 11.5 Å².